The van der Waals surface area contributed by atoms with Crippen molar-refractivity contribution in [2.24, 2.45) is 0 Å². The third kappa shape index (κ3) is 3.45. The smallest absolute Gasteiger partial charge is 0.238 e. The molecule has 2 aromatic carbocycles. The number of para-hydroxylation sites is 1. The van der Waals surface area contributed by atoms with E-state index in [1.807, 2.05) is 25.2 Å². The highest BCUT2D eigenvalue weighted by atomic mass is 16.3. The number of nitrogens with zero attached hydrogens (tertiary/aromatic N) is 1. The van der Waals surface area contributed by atoms with Gasteiger partial charge >= 0.3 is 0 Å². The molecule has 0 saturated heterocycles. The van der Waals surface area contributed by atoms with Crippen LogP contribution in [-0.2, 0) is 11.2 Å². The van der Waals surface area contributed by atoms with Crippen molar-refractivity contribution in [1.29, 1.82) is 0 Å². The Balaban J connectivity index is 1.54. The Labute approximate surface area is 164 Å². The first-order chi connectivity index (χ1) is 13.5. The van der Waals surface area contributed by atoms with Crippen molar-refractivity contribution in [2.45, 2.75) is 32.2 Å². The van der Waals surface area contributed by atoms with E-state index in [1.54, 1.807) is 6.07 Å². The maximum Gasteiger partial charge on any atom is 0.238 e. The molecule has 0 radical (unpaired) electrons. The van der Waals surface area contributed by atoms with Crippen LogP contribution in [0.2, 0.25) is 0 Å². The lowest BCUT2D eigenvalue weighted by Gasteiger charge is -2.32. The molecule has 5 nitrogen and oxygen atoms in total. The third-order valence-electron chi connectivity index (χ3n) is 5.44. The molecule has 1 aliphatic carbocycles. The SMILES string of the molecule is CC(=O)c1oc2ccccc2c1NC(=O)CN(C)[C@@H]1CCCc2ccccc21. The summed E-state index contributed by atoms with van der Waals surface area (Å²) in [5, 5.41) is 3.66. The lowest BCUT2D eigenvalue weighted by atomic mass is 9.87. The van der Waals surface area contributed by atoms with Gasteiger partial charge in [0.2, 0.25) is 5.91 Å². The summed E-state index contributed by atoms with van der Waals surface area (Å²) in [6.45, 7) is 1.69. The second kappa shape index (κ2) is 7.60. The van der Waals surface area contributed by atoms with Crippen LogP contribution in [0, 0.1) is 0 Å². The summed E-state index contributed by atoms with van der Waals surface area (Å²) in [4.78, 5) is 26.8. The molecule has 1 aromatic heterocycles. The maximum atomic E-state index is 12.8. The maximum absolute atomic E-state index is 12.8. The molecule has 1 heterocycles. The Morgan fingerprint density at radius 3 is 2.71 bits per heavy atom. The van der Waals surface area contributed by atoms with Crippen molar-refractivity contribution in [3.05, 3.63) is 65.4 Å². The zero-order chi connectivity index (χ0) is 19.7. The topological polar surface area (TPSA) is 62.6 Å². The van der Waals surface area contributed by atoms with E-state index in [0.717, 1.165) is 24.6 Å². The number of carbonyl (C=O) groups excluding carboxylic acids is 2. The van der Waals surface area contributed by atoms with Crippen molar-refractivity contribution in [1.82, 2.24) is 4.90 Å². The van der Waals surface area contributed by atoms with Crippen LogP contribution >= 0.6 is 0 Å². The zero-order valence-corrected chi connectivity index (χ0v) is 16.2. The number of Topliss-reactive ketones (excluding diaryl/α,β-unsaturated/α-hetero) is 1. The molecule has 5 heteroatoms. The summed E-state index contributed by atoms with van der Waals surface area (Å²) in [5.74, 6) is -0.166. The number of amides is 1. The lowest BCUT2D eigenvalue weighted by Crippen LogP contribution is -2.35. The molecule has 28 heavy (non-hydrogen) atoms. The number of anilines is 1. The highest BCUT2D eigenvalue weighted by Crippen LogP contribution is 2.34. The standard InChI is InChI=1S/C23H24N2O3/c1-15(26)23-22(18-11-5-6-13-20(18)28-23)24-21(27)14-25(2)19-12-7-9-16-8-3-4-10-17(16)19/h3-6,8,10-11,13,19H,7,9,12,14H2,1-2H3,(H,24,27)/t19-/m1/s1. The Bertz CT molecular complexity index is 1040. The molecule has 0 bridgehead atoms. The normalized spacial score (nSPS) is 16.2. The van der Waals surface area contributed by atoms with Gasteiger partial charge < -0.3 is 9.73 Å². The highest BCUT2D eigenvalue weighted by Gasteiger charge is 2.26. The van der Waals surface area contributed by atoms with E-state index >= 15 is 0 Å². The number of carbonyl (C=O) groups is 2. The van der Waals surface area contributed by atoms with Gasteiger partial charge in [0.05, 0.1) is 12.2 Å². The van der Waals surface area contributed by atoms with Gasteiger partial charge in [-0.15, -0.1) is 0 Å². The summed E-state index contributed by atoms with van der Waals surface area (Å²) in [6, 6.07) is 16.0. The molecule has 0 spiro atoms. The van der Waals surface area contributed by atoms with Crippen LogP contribution in [-0.4, -0.2) is 30.2 Å². The van der Waals surface area contributed by atoms with Gasteiger partial charge in [0.25, 0.3) is 0 Å². The summed E-state index contributed by atoms with van der Waals surface area (Å²) in [7, 11) is 1.98. The Kier molecular flexibility index (Phi) is 5.01. The van der Waals surface area contributed by atoms with E-state index in [-0.39, 0.29) is 30.0 Å². The summed E-state index contributed by atoms with van der Waals surface area (Å²) in [5.41, 5.74) is 3.73. The second-order valence-corrected chi connectivity index (χ2v) is 7.43. The van der Waals surface area contributed by atoms with E-state index in [9.17, 15) is 9.59 Å². The Morgan fingerprint density at radius 1 is 1.14 bits per heavy atom. The van der Waals surface area contributed by atoms with Crippen molar-refractivity contribution < 1.29 is 14.0 Å². The molecule has 4 rings (SSSR count). The predicted molar refractivity (Wildman–Crippen MR) is 110 cm³/mol. The van der Waals surface area contributed by atoms with Crippen LogP contribution in [0.25, 0.3) is 11.0 Å². The average Bonchev–Trinajstić information content (AvgIpc) is 3.06. The number of benzene rings is 2. The molecule has 0 fully saturated rings. The van der Waals surface area contributed by atoms with Gasteiger partial charge in [-0.1, -0.05) is 36.4 Å². The monoisotopic (exact) mass is 376 g/mol. The number of hydrogen-bond donors (Lipinski definition) is 1. The number of furan rings is 1. The van der Waals surface area contributed by atoms with Crippen molar-refractivity contribution >= 4 is 28.3 Å². The third-order valence-corrected chi connectivity index (χ3v) is 5.44. The lowest BCUT2D eigenvalue weighted by molar-refractivity contribution is -0.117. The summed E-state index contributed by atoms with van der Waals surface area (Å²) in [6.07, 6.45) is 3.25. The fourth-order valence-corrected chi connectivity index (χ4v) is 4.12. The highest BCUT2D eigenvalue weighted by molar-refractivity contribution is 6.11. The molecule has 0 unspecified atom stereocenters. The van der Waals surface area contributed by atoms with E-state index in [2.05, 4.69) is 34.5 Å². The first kappa shape index (κ1) is 18.4. The molecule has 0 saturated carbocycles. The molecule has 1 atom stereocenters. The Hall–Kier alpha value is -2.92. The number of ketones is 1. The van der Waals surface area contributed by atoms with Gasteiger partial charge in [0.1, 0.15) is 5.58 Å². The fraction of sp³-hybridized carbons (Fsp3) is 0.304. The summed E-state index contributed by atoms with van der Waals surface area (Å²) < 4.78 is 5.65. The second-order valence-electron chi connectivity index (χ2n) is 7.43. The van der Waals surface area contributed by atoms with Crippen LogP contribution in [0.5, 0.6) is 0 Å². The van der Waals surface area contributed by atoms with Gasteiger partial charge in [-0.3, -0.25) is 14.5 Å². The Morgan fingerprint density at radius 2 is 1.89 bits per heavy atom. The van der Waals surface area contributed by atoms with E-state index in [4.69, 9.17) is 4.42 Å². The predicted octanol–water partition coefficient (Wildman–Crippen LogP) is 4.58. The van der Waals surface area contributed by atoms with Gasteiger partial charge in [-0.2, -0.15) is 0 Å². The number of hydrogen-bond acceptors (Lipinski definition) is 4. The molecule has 1 N–H and O–H groups in total. The number of aryl methyl sites for hydroxylation is 1. The van der Waals surface area contributed by atoms with Gasteiger partial charge in [0, 0.05) is 18.4 Å². The molecular weight excluding hydrogens is 352 g/mol. The average molecular weight is 376 g/mol. The number of nitrogens with one attached hydrogen (secondary N) is 1. The van der Waals surface area contributed by atoms with Gasteiger partial charge in [-0.25, -0.2) is 0 Å². The fourth-order valence-electron chi connectivity index (χ4n) is 4.12. The first-order valence-electron chi connectivity index (χ1n) is 9.65. The number of fused-ring (bicyclic) bond motifs is 2. The first-order valence-corrected chi connectivity index (χ1v) is 9.65. The minimum atomic E-state index is -0.207. The largest absolute Gasteiger partial charge is 0.451 e. The minimum Gasteiger partial charge on any atom is -0.451 e. The van der Waals surface area contributed by atoms with Crippen LogP contribution < -0.4 is 5.32 Å². The summed E-state index contributed by atoms with van der Waals surface area (Å²) >= 11 is 0. The van der Waals surface area contributed by atoms with E-state index < -0.39 is 0 Å². The van der Waals surface area contributed by atoms with Gasteiger partial charge in [-0.05, 0) is 49.6 Å². The van der Waals surface area contributed by atoms with Crippen LogP contribution in [0.1, 0.15) is 47.5 Å². The molecule has 1 aliphatic rings. The molecule has 144 valence electrons. The number of likely N-dealkylation sites (N-methyl/N-ethyl adjacent to an activating group) is 1. The van der Waals surface area contributed by atoms with Crippen LogP contribution in [0.3, 0.4) is 0 Å². The zero-order valence-electron chi connectivity index (χ0n) is 16.2. The molecule has 1 amide bonds. The molecule has 3 aromatic rings. The van der Waals surface area contributed by atoms with E-state index in [1.165, 1.54) is 18.1 Å². The molecule has 0 aliphatic heterocycles. The van der Waals surface area contributed by atoms with E-state index in [0.29, 0.717) is 11.3 Å². The van der Waals surface area contributed by atoms with Crippen molar-refractivity contribution in [3.8, 4) is 0 Å². The number of rotatable bonds is 5. The van der Waals surface area contributed by atoms with Crippen LogP contribution in [0.15, 0.2) is 52.9 Å². The van der Waals surface area contributed by atoms with Crippen molar-refractivity contribution in [2.75, 3.05) is 18.9 Å². The molecular formula is C23H24N2O3. The minimum absolute atomic E-state index is 0.153. The van der Waals surface area contributed by atoms with Gasteiger partial charge in [0.15, 0.2) is 11.5 Å². The van der Waals surface area contributed by atoms with Crippen LogP contribution in [0.4, 0.5) is 5.69 Å². The quantitative estimate of drug-likeness (QED) is 0.662. The van der Waals surface area contributed by atoms with Crippen molar-refractivity contribution in [3.63, 3.8) is 0 Å².